The molecule has 1 N–H and O–H groups in total. The van der Waals surface area contributed by atoms with Gasteiger partial charge in [0, 0.05) is 18.2 Å². The molecule has 1 unspecified atom stereocenters. The Balaban J connectivity index is 3.81. The fourth-order valence-corrected chi connectivity index (χ4v) is 2.20. The molecule has 2 nitrogen and oxygen atoms in total. The minimum absolute atomic E-state index is 0.164. The molecule has 0 aromatic carbocycles. The summed E-state index contributed by atoms with van der Waals surface area (Å²) in [5.41, 5.74) is 0.498. The summed E-state index contributed by atoms with van der Waals surface area (Å²) in [7, 11) is 0. The topological polar surface area (TPSA) is 29.1 Å². The van der Waals surface area contributed by atoms with Crippen LogP contribution in [0.5, 0.6) is 0 Å². The van der Waals surface area contributed by atoms with Gasteiger partial charge in [-0.25, -0.2) is 0 Å². The Hall–Kier alpha value is -0.180. The van der Waals surface area contributed by atoms with Crippen molar-refractivity contribution in [3.8, 4) is 0 Å². The summed E-state index contributed by atoms with van der Waals surface area (Å²) in [6.07, 6.45) is 0.622. The van der Waals surface area contributed by atoms with Crippen LogP contribution in [-0.2, 0) is 4.79 Å². The van der Waals surface area contributed by atoms with Crippen molar-refractivity contribution >= 4 is 17.7 Å². The van der Waals surface area contributed by atoms with Crippen LogP contribution in [-0.4, -0.2) is 23.5 Å². The van der Waals surface area contributed by atoms with Crippen LogP contribution >= 0.6 is 11.8 Å². The van der Waals surface area contributed by atoms with Gasteiger partial charge in [-0.05, 0) is 16.6 Å². The first kappa shape index (κ1) is 16.8. The highest BCUT2D eigenvalue weighted by Crippen LogP contribution is 2.25. The van der Waals surface area contributed by atoms with Crippen LogP contribution in [0.2, 0.25) is 0 Å². The van der Waals surface area contributed by atoms with Crippen LogP contribution in [0.3, 0.4) is 0 Å². The molecule has 0 saturated carbocycles. The minimum atomic E-state index is 0.164. The first-order valence-corrected chi connectivity index (χ1v) is 7.43. The average molecular weight is 259 g/mol. The van der Waals surface area contributed by atoms with Crippen LogP contribution in [0.1, 0.15) is 54.9 Å². The predicted molar refractivity (Wildman–Crippen MR) is 78.5 cm³/mol. The van der Waals surface area contributed by atoms with Gasteiger partial charge in [-0.3, -0.25) is 4.79 Å². The number of hydrogen-bond acceptors (Lipinski definition) is 2. The van der Waals surface area contributed by atoms with Crippen molar-refractivity contribution in [3.63, 3.8) is 0 Å². The fourth-order valence-electron chi connectivity index (χ4n) is 1.15. The largest absolute Gasteiger partial charge is 0.356 e. The van der Waals surface area contributed by atoms with Crippen LogP contribution in [0, 0.1) is 10.8 Å². The number of carbonyl (C=O) groups is 1. The lowest BCUT2D eigenvalue weighted by Crippen LogP contribution is -2.33. The molecule has 102 valence electrons. The van der Waals surface area contributed by atoms with Gasteiger partial charge in [0.1, 0.15) is 0 Å². The zero-order valence-electron chi connectivity index (χ0n) is 12.5. The molecule has 0 saturated heterocycles. The monoisotopic (exact) mass is 259 g/mol. The molecule has 1 amide bonds. The number of amides is 1. The van der Waals surface area contributed by atoms with E-state index < -0.39 is 0 Å². The molecule has 0 aromatic rings. The van der Waals surface area contributed by atoms with Crippen molar-refractivity contribution in [1.29, 1.82) is 0 Å². The highest BCUT2D eigenvalue weighted by atomic mass is 32.2. The van der Waals surface area contributed by atoms with E-state index in [1.54, 1.807) is 0 Å². The summed E-state index contributed by atoms with van der Waals surface area (Å²) in [5, 5.41) is 3.40. The van der Waals surface area contributed by atoms with Crippen LogP contribution < -0.4 is 5.32 Å². The number of carbonyl (C=O) groups excluding carboxylic acids is 1. The normalized spacial score (nSPS) is 14.5. The van der Waals surface area contributed by atoms with Gasteiger partial charge >= 0.3 is 0 Å². The minimum Gasteiger partial charge on any atom is -0.356 e. The molecular weight excluding hydrogens is 230 g/mol. The molecule has 0 radical (unpaired) electrons. The maximum atomic E-state index is 11.7. The van der Waals surface area contributed by atoms with Crippen LogP contribution in [0.25, 0.3) is 0 Å². The van der Waals surface area contributed by atoms with E-state index in [0.717, 1.165) is 12.3 Å². The summed E-state index contributed by atoms with van der Waals surface area (Å²) in [4.78, 5) is 11.7. The van der Waals surface area contributed by atoms with E-state index in [-0.39, 0.29) is 11.3 Å². The second-order valence-electron chi connectivity index (χ2n) is 7.22. The van der Waals surface area contributed by atoms with Gasteiger partial charge in [-0.1, -0.05) is 48.5 Å². The SMILES string of the molecule is CC(CC(=O)NCC(C)(C)C)SCC(C)(C)C. The summed E-state index contributed by atoms with van der Waals surface area (Å²) < 4.78 is 0. The first-order valence-electron chi connectivity index (χ1n) is 6.38. The third-order valence-electron chi connectivity index (χ3n) is 2.09. The summed E-state index contributed by atoms with van der Waals surface area (Å²) >= 11 is 1.88. The van der Waals surface area contributed by atoms with E-state index in [1.165, 1.54) is 0 Å². The predicted octanol–water partition coefficient (Wildman–Crippen LogP) is 3.71. The van der Waals surface area contributed by atoms with E-state index >= 15 is 0 Å². The van der Waals surface area contributed by atoms with E-state index in [9.17, 15) is 4.79 Å². The molecule has 0 rings (SSSR count). The molecule has 17 heavy (non-hydrogen) atoms. The van der Waals surface area contributed by atoms with Gasteiger partial charge in [0.05, 0.1) is 0 Å². The highest BCUT2D eigenvalue weighted by Gasteiger charge is 2.16. The Morgan fingerprint density at radius 1 is 1.12 bits per heavy atom. The number of nitrogens with one attached hydrogen (secondary N) is 1. The van der Waals surface area contributed by atoms with E-state index in [0.29, 0.717) is 17.1 Å². The molecule has 0 aliphatic carbocycles. The van der Waals surface area contributed by atoms with Crippen molar-refractivity contribution in [2.45, 2.75) is 60.1 Å². The highest BCUT2D eigenvalue weighted by molar-refractivity contribution is 7.99. The molecular formula is C14H29NOS. The lowest BCUT2D eigenvalue weighted by molar-refractivity contribution is -0.121. The first-order chi connectivity index (χ1) is 7.49. The summed E-state index contributed by atoms with van der Waals surface area (Å²) in [6.45, 7) is 16.0. The van der Waals surface area contributed by atoms with Gasteiger partial charge in [0.15, 0.2) is 0 Å². The Morgan fingerprint density at radius 3 is 2.06 bits per heavy atom. The van der Waals surface area contributed by atoms with Crippen molar-refractivity contribution in [1.82, 2.24) is 5.32 Å². The number of rotatable bonds is 5. The average Bonchev–Trinajstić information content (AvgIpc) is 2.09. The molecule has 3 heteroatoms. The van der Waals surface area contributed by atoms with Crippen molar-refractivity contribution in [2.75, 3.05) is 12.3 Å². The second kappa shape index (κ2) is 6.67. The second-order valence-corrected chi connectivity index (χ2v) is 8.65. The molecule has 0 aromatic heterocycles. The summed E-state index contributed by atoms with van der Waals surface area (Å²) in [6, 6.07) is 0. The Kier molecular flexibility index (Phi) is 6.60. The van der Waals surface area contributed by atoms with E-state index in [4.69, 9.17) is 0 Å². The zero-order chi connectivity index (χ0) is 13.7. The van der Waals surface area contributed by atoms with Gasteiger partial charge in [-0.2, -0.15) is 11.8 Å². The zero-order valence-corrected chi connectivity index (χ0v) is 13.3. The Bertz CT molecular complexity index is 238. The molecule has 0 aliphatic heterocycles. The van der Waals surface area contributed by atoms with Crippen molar-refractivity contribution in [3.05, 3.63) is 0 Å². The van der Waals surface area contributed by atoms with Gasteiger partial charge < -0.3 is 5.32 Å². The van der Waals surface area contributed by atoms with Crippen molar-refractivity contribution in [2.24, 2.45) is 10.8 Å². The lowest BCUT2D eigenvalue weighted by atomic mass is 9.97. The summed E-state index contributed by atoms with van der Waals surface area (Å²) in [5.74, 6) is 1.27. The Labute approximate surface area is 111 Å². The maximum absolute atomic E-state index is 11.7. The molecule has 0 bridgehead atoms. The third kappa shape index (κ3) is 12.1. The van der Waals surface area contributed by atoms with E-state index in [1.807, 2.05) is 11.8 Å². The van der Waals surface area contributed by atoms with Gasteiger partial charge in [0.25, 0.3) is 0 Å². The molecule has 0 heterocycles. The fraction of sp³-hybridized carbons (Fsp3) is 0.929. The third-order valence-corrected chi connectivity index (χ3v) is 3.86. The van der Waals surface area contributed by atoms with Crippen LogP contribution in [0.15, 0.2) is 0 Å². The number of thioether (sulfide) groups is 1. The van der Waals surface area contributed by atoms with Crippen molar-refractivity contribution < 1.29 is 4.79 Å². The molecule has 1 atom stereocenters. The Morgan fingerprint density at radius 2 is 1.65 bits per heavy atom. The molecule has 0 spiro atoms. The molecule has 0 fully saturated rings. The standard InChI is InChI=1S/C14H29NOS/c1-11(17-10-14(5,6)7)8-12(16)15-9-13(2,3)4/h11H,8-10H2,1-7H3,(H,15,16). The van der Waals surface area contributed by atoms with Crippen LogP contribution in [0.4, 0.5) is 0 Å². The lowest BCUT2D eigenvalue weighted by Gasteiger charge is -2.22. The molecule has 0 aliphatic rings. The smallest absolute Gasteiger partial charge is 0.221 e. The van der Waals surface area contributed by atoms with Gasteiger partial charge in [0.2, 0.25) is 5.91 Å². The quantitative estimate of drug-likeness (QED) is 0.815. The van der Waals surface area contributed by atoms with Gasteiger partial charge in [-0.15, -0.1) is 0 Å². The number of hydrogen-bond donors (Lipinski definition) is 1. The van der Waals surface area contributed by atoms with E-state index in [2.05, 4.69) is 53.8 Å². The maximum Gasteiger partial charge on any atom is 0.221 e.